The summed E-state index contributed by atoms with van der Waals surface area (Å²) < 4.78 is 7.45. The molecule has 142 valence electrons. The molecule has 26 heavy (non-hydrogen) atoms. The molecule has 3 rings (SSSR count). The van der Waals surface area contributed by atoms with Crippen molar-refractivity contribution in [2.75, 3.05) is 7.05 Å². The van der Waals surface area contributed by atoms with Crippen LogP contribution in [-0.2, 0) is 13.1 Å². The summed E-state index contributed by atoms with van der Waals surface area (Å²) in [6, 6.07) is 2.03. The topological polar surface area (TPSA) is 79.8 Å². The van der Waals surface area contributed by atoms with Gasteiger partial charge in [0, 0.05) is 36.8 Å². The Kier molecular flexibility index (Phi) is 7.88. The van der Waals surface area contributed by atoms with Crippen LogP contribution in [0.15, 0.2) is 33.4 Å². The number of guanidine groups is 1. The quantitative estimate of drug-likeness (QED) is 0.301. The fraction of sp³-hybridized carbons (Fsp3) is 0.471. The molecule has 0 amide bonds. The predicted octanol–water partition coefficient (Wildman–Crippen LogP) is 3.77. The van der Waals surface area contributed by atoms with Gasteiger partial charge >= 0.3 is 0 Å². The number of aliphatic imine (C=N–C) groups is 1. The third-order valence-corrected chi connectivity index (χ3v) is 4.99. The van der Waals surface area contributed by atoms with E-state index >= 15 is 0 Å². The summed E-state index contributed by atoms with van der Waals surface area (Å²) in [4.78, 5) is 9.78. The van der Waals surface area contributed by atoms with Crippen LogP contribution in [0.5, 0.6) is 0 Å². The lowest BCUT2D eigenvalue weighted by Crippen LogP contribution is -2.36. The third kappa shape index (κ3) is 4.97. The van der Waals surface area contributed by atoms with Gasteiger partial charge in [-0.1, -0.05) is 19.0 Å². The molecule has 0 bridgehead atoms. The summed E-state index contributed by atoms with van der Waals surface area (Å²) in [5.41, 5.74) is 2.01. The average Bonchev–Trinajstić information content (AvgIpc) is 3.32. The molecular weight excluding hydrogens is 463 g/mol. The van der Waals surface area contributed by atoms with Crippen LogP contribution >= 0.6 is 35.3 Å². The number of imidazole rings is 1. The molecule has 7 nitrogen and oxygen atoms in total. The van der Waals surface area contributed by atoms with Crippen LogP contribution in [-0.4, -0.2) is 27.5 Å². The Balaban J connectivity index is 0.00000243. The standard InChI is InChI=1S/C17H24N6OS.HI/c1-4-12(5-2)15-8-14(24-22-15)10-20-16(18-3)19-9-13-11-23-6-7-25-17(23)21-13;/h6-8,11-12H,4-5,9-10H2,1-3H3,(H2,18,19,20);1H. The molecule has 0 aliphatic rings. The molecule has 9 heteroatoms. The second kappa shape index (κ2) is 9.91. The van der Waals surface area contributed by atoms with Crippen LogP contribution < -0.4 is 10.6 Å². The molecule has 0 saturated heterocycles. The molecule has 0 aliphatic heterocycles. The Hall–Kier alpha value is -1.62. The molecule has 2 N–H and O–H groups in total. The van der Waals surface area contributed by atoms with Gasteiger partial charge in [0.25, 0.3) is 0 Å². The zero-order valence-corrected chi connectivity index (χ0v) is 18.4. The fourth-order valence-electron chi connectivity index (χ4n) is 2.74. The first kappa shape index (κ1) is 20.7. The van der Waals surface area contributed by atoms with Crippen molar-refractivity contribution in [2.45, 2.75) is 45.7 Å². The number of rotatable bonds is 7. The maximum Gasteiger partial charge on any atom is 0.193 e. The summed E-state index contributed by atoms with van der Waals surface area (Å²) in [7, 11) is 1.75. The van der Waals surface area contributed by atoms with E-state index in [1.807, 2.05) is 28.2 Å². The number of thiazole rings is 1. The maximum absolute atomic E-state index is 5.43. The highest BCUT2D eigenvalue weighted by Crippen LogP contribution is 2.22. The fourth-order valence-corrected chi connectivity index (χ4v) is 3.46. The van der Waals surface area contributed by atoms with Gasteiger partial charge in [-0.25, -0.2) is 4.98 Å². The molecule has 0 fully saturated rings. The lowest BCUT2D eigenvalue weighted by molar-refractivity contribution is 0.368. The Morgan fingerprint density at radius 2 is 2.08 bits per heavy atom. The summed E-state index contributed by atoms with van der Waals surface area (Å²) in [5, 5.41) is 12.7. The Bertz CT molecular complexity index is 807. The van der Waals surface area contributed by atoms with Crippen LogP contribution in [0.2, 0.25) is 0 Å². The minimum absolute atomic E-state index is 0. The summed E-state index contributed by atoms with van der Waals surface area (Å²) in [6.45, 7) is 5.51. The van der Waals surface area contributed by atoms with Crippen molar-refractivity contribution in [3.05, 3.63) is 41.0 Å². The van der Waals surface area contributed by atoms with Crippen LogP contribution in [0.25, 0.3) is 4.96 Å². The van der Waals surface area contributed by atoms with E-state index in [1.54, 1.807) is 18.4 Å². The summed E-state index contributed by atoms with van der Waals surface area (Å²) in [6.07, 6.45) is 6.16. The second-order valence-electron chi connectivity index (χ2n) is 5.84. The van der Waals surface area contributed by atoms with Gasteiger partial charge in [0.2, 0.25) is 0 Å². The van der Waals surface area contributed by atoms with Crippen molar-refractivity contribution in [2.24, 2.45) is 4.99 Å². The lowest BCUT2D eigenvalue weighted by Gasteiger charge is -2.09. The number of halogens is 1. The van der Waals surface area contributed by atoms with Crippen LogP contribution in [0.3, 0.4) is 0 Å². The van der Waals surface area contributed by atoms with E-state index in [0.29, 0.717) is 25.0 Å². The van der Waals surface area contributed by atoms with Gasteiger partial charge in [-0.3, -0.25) is 9.39 Å². The molecule has 0 unspecified atom stereocenters. The molecule has 0 saturated carbocycles. The zero-order chi connectivity index (χ0) is 17.6. The van der Waals surface area contributed by atoms with Crippen molar-refractivity contribution < 1.29 is 4.52 Å². The van der Waals surface area contributed by atoms with Gasteiger partial charge < -0.3 is 15.2 Å². The smallest absolute Gasteiger partial charge is 0.193 e. The Labute approximate surface area is 174 Å². The van der Waals surface area contributed by atoms with Gasteiger partial charge in [-0.15, -0.1) is 35.3 Å². The predicted molar refractivity (Wildman–Crippen MR) is 115 cm³/mol. The molecule has 3 aromatic heterocycles. The van der Waals surface area contributed by atoms with Crippen molar-refractivity contribution in [1.29, 1.82) is 0 Å². The van der Waals surface area contributed by atoms with Crippen molar-refractivity contribution in [1.82, 2.24) is 25.2 Å². The van der Waals surface area contributed by atoms with E-state index in [0.717, 1.165) is 35.0 Å². The number of nitrogens with zero attached hydrogens (tertiary/aromatic N) is 4. The highest BCUT2D eigenvalue weighted by molar-refractivity contribution is 14.0. The molecule has 3 heterocycles. The zero-order valence-electron chi connectivity index (χ0n) is 15.2. The van der Waals surface area contributed by atoms with E-state index in [9.17, 15) is 0 Å². The van der Waals surface area contributed by atoms with Gasteiger partial charge in [0.05, 0.1) is 24.5 Å². The van der Waals surface area contributed by atoms with E-state index in [1.165, 1.54) is 0 Å². The van der Waals surface area contributed by atoms with Crippen LogP contribution in [0, 0.1) is 0 Å². The van der Waals surface area contributed by atoms with Gasteiger partial charge in [-0.05, 0) is 12.8 Å². The van der Waals surface area contributed by atoms with Crippen molar-refractivity contribution in [3.8, 4) is 0 Å². The minimum Gasteiger partial charge on any atom is -0.359 e. The van der Waals surface area contributed by atoms with E-state index in [4.69, 9.17) is 4.52 Å². The number of hydrogen-bond donors (Lipinski definition) is 2. The summed E-state index contributed by atoms with van der Waals surface area (Å²) >= 11 is 1.62. The SMILES string of the molecule is CCC(CC)c1cc(CNC(=NC)NCc2cn3ccsc3n2)on1.I. The molecule has 0 aromatic carbocycles. The number of aromatic nitrogens is 3. The molecule has 0 radical (unpaired) electrons. The normalized spacial score (nSPS) is 11.8. The van der Waals surface area contributed by atoms with E-state index in [-0.39, 0.29) is 24.0 Å². The Morgan fingerprint density at radius 1 is 1.31 bits per heavy atom. The van der Waals surface area contributed by atoms with E-state index in [2.05, 4.69) is 39.6 Å². The average molecular weight is 488 g/mol. The van der Waals surface area contributed by atoms with Crippen LogP contribution in [0.4, 0.5) is 0 Å². The first-order chi connectivity index (χ1) is 12.2. The molecule has 0 spiro atoms. The largest absolute Gasteiger partial charge is 0.359 e. The highest BCUT2D eigenvalue weighted by Gasteiger charge is 2.13. The highest BCUT2D eigenvalue weighted by atomic mass is 127. The van der Waals surface area contributed by atoms with Crippen LogP contribution in [0.1, 0.15) is 49.8 Å². The molecule has 0 atom stereocenters. The lowest BCUT2D eigenvalue weighted by atomic mass is 9.99. The molecule has 3 aromatic rings. The maximum atomic E-state index is 5.43. The first-order valence-electron chi connectivity index (χ1n) is 8.54. The van der Waals surface area contributed by atoms with Gasteiger partial charge in [0.15, 0.2) is 16.7 Å². The minimum atomic E-state index is 0. The Morgan fingerprint density at radius 3 is 2.77 bits per heavy atom. The summed E-state index contributed by atoms with van der Waals surface area (Å²) in [5.74, 6) is 1.98. The number of nitrogens with one attached hydrogen (secondary N) is 2. The second-order valence-corrected chi connectivity index (χ2v) is 6.71. The number of hydrogen-bond acceptors (Lipinski definition) is 5. The first-order valence-corrected chi connectivity index (χ1v) is 9.42. The molecular formula is C17H25IN6OS. The van der Waals surface area contributed by atoms with Crippen molar-refractivity contribution in [3.63, 3.8) is 0 Å². The van der Waals surface area contributed by atoms with Gasteiger partial charge in [-0.2, -0.15) is 0 Å². The van der Waals surface area contributed by atoms with Crippen molar-refractivity contribution >= 4 is 46.2 Å². The number of fused-ring (bicyclic) bond motifs is 1. The monoisotopic (exact) mass is 488 g/mol. The van der Waals surface area contributed by atoms with E-state index < -0.39 is 0 Å². The molecule has 0 aliphatic carbocycles. The van der Waals surface area contributed by atoms with Gasteiger partial charge in [0.1, 0.15) is 0 Å². The third-order valence-electron chi connectivity index (χ3n) is 4.21.